The van der Waals surface area contributed by atoms with Gasteiger partial charge in [-0.25, -0.2) is 8.42 Å². The van der Waals surface area contributed by atoms with Gasteiger partial charge in [-0.3, -0.25) is 4.79 Å². The maximum absolute atomic E-state index is 12.5. The molecular formula is C18H21NO5S. The molecule has 25 heavy (non-hydrogen) atoms. The first-order chi connectivity index (χ1) is 11.7. The number of carbonyl (C=O) groups is 1. The molecule has 0 atom stereocenters. The minimum Gasteiger partial charge on any atom is -0.496 e. The highest BCUT2D eigenvalue weighted by Gasteiger charge is 2.20. The van der Waals surface area contributed by atoms with Crippen molar-refractivity contribution < 1.29 is 22.7 Å². The lowest BCUT2D eigenvalue weighted by Crippen LogP contribution is -2.32. The van der Waals surface area contributed by atoms with Gasteiger partial charge >= 0.3 is 5.97 Å². The zero-order valence-corrected chi connectivity index (χ0v) is 15.4. The Morgan fingerprint density at radius 2 is 1.68 bits per heavy atom. The predicted octanol–water partition coefficient (Wildman–Crippen LogP) is 2.50. The molecule has 7 heteroatoms. The average molecular weight is 363 g/mol. The third kappa shape index (κ3) is 4.58. The quantitative estimate of drug-likeness (QED) is 0.630. The van der Waals surface area contributed by atoms with Crippen LogP contribution in [0.1, 0.15) is 16.7 Å². The summed E-state index contributed by atoms with van der Waals surface area (Å²) >= 11 is 0. The maximum atomic E-state index is 12.5. The van der Waals surface area contributed by atoms with E-state index in [2.05, 4.69) is 4.72 Å². The summed E-state index contributed by atoms with van der Waals surface area (Å²) in [6.45, 7) is 4.77. The van der Waals surface area contributed by atoms with Crippen LogP contribution in [0.25, 0.3) is 0 Å². The summed E-state index contributed by atoms with van der Waals surface area (Å²) in [5.41, 5.74) is 2.01. The Kier molecular flexibility index (Phi) is 5.81. The molecule has 0 saturated heterocycles. The van der Waals surface area contributed by atoms with Crippen molar-refractivity contribution in [3.8, 4) is 11.5 Å². The molecule has 2 rings (SSSR count). The molecule has 0 aliphatic heterocycles. The number of methoxy groups -OCH3 is 1. The number of hydrogen-bond donors (Lipinski definition) is 1. The molecule has 134 valence electrons. The molecule has 0 aliphatic carbocycles. The van der Waals surface area contributed by atoms with Crippen molar-refractivity contribution in [3.05, 3.63) is 53.1 Å². The van der Waals surface area contributed by atoms with E-state index >= 15 is 0 Å². The van der Waals surface area contributed by atoms with Crippen LogP contribution in [0, 0.1) is 20.8 Å². The van der Waals surface area contributed by atoms with Crippen molar-refractivity contribution in [1.82, 2.24) is 4.72 Å². The van der Waals surface area contributed by atoms with Crippen LogP contribution in [-0.4, -0.2) is 28.0 Å². The Labute approximate surface area is 147 Å². The SMILES string of the molecule is COc1cc(C)c(S(=O)(=O)NCC(=O)Oc2ccccc2C)cc1C. The van der Waals surface area contributed by atoms with Gasteiger partial charge in [-0.2, -0.15) is 4.72 Å². The highest BCUT2D eigenvalue weighted by atomic mass is 32.2. The summed E-state index contributed by atoms with van der Waals surface area (Å²) < 4.78 is 37.6. The summed E-state index contributed by atoms with van der Waals surface area (Å²) in [7, 11) is -2.32. The lowest BCUT2D eigenvalue weighted by molar-refractivity contribution is -0.133. The van der Waals surface area contributed by atoms with E-state index in [4.69, 9.17) is 9.47 Å². The van der Waals surface area contributed by atoms with Crippen LogP contribution in [0.15, 0.2) is 41.3 Å². The van der Waals surface area contributed by atoms with Crippen molar-refractivity contribution in [3.63, 3.8) is 0 Å². The van der Waals surface area contributed by atoms with Gasteiger partial charge in [-0.15, -0.1) is 0 Å². The van der Waals surface area contributed by atoms with Gasteiger partial charge in [0.15, 0.2) is 0 Å². The Hall–Kier alpha value is -2.38. The molecule has 1 N–H and O–H groups in total. The Balaban J connectivity index is 2.10. The number of sulfonamides is 1. The second-order valence-corrected chi connectivity index (χ2v) is 7.39. The molecular weight excluding hydrogens is 342 g/mol. The largest absolute Gasteiger partial charge is 0.496 e. The first-order valence-corrected chi connectivity index (χ1v) is 9.14. The van der Waals surface area contributed by atoms with E-state index in [9.17, 15) is 13.2 Å². The summed E-state index contributed by atoms with van der Waals surface area (Å²) in [5, 5.41) is 0. The lowest BCUT2D eigenvalue weighted by atomic mass is 10.1. The van der Waals surface area contributed by atoms with E-state index in [1.807, 2.05) is 6.07 Å². The second-order valence-electron chi connectivity index (χ2n) is 5.65. The van der Waals surface area contributed by atoms with Crippen LogP contribution in [0.4, 0.5) is 0 Å². The number of hydrogen-bond acceptors (Lipinski definition) is 5. The van der Waals surface area contributed by atoms with Gasteiger partial charge in [0.1, 0.15) is 18.0 Å². The molecule has 0 bridgehead atoms. The number of para-hydroxylation sites is 1. The fraction of sp³-hybridized carbons (Fsp3) is 0.278. The monoisotopic (exact) mass is 363 g/mol. The molecule has 0 aromatic heterocycles. The predicted molar refractivity (Wildman–Crippen MR) is 94.5 cm³/mol. The molecule has 0 spiro atoms. The number of ether oxygens (including phenoxy) is 2. The van der Waals surface area contributed by atoms with E-state index < -0.39 is 22.5 Å². The van der Waals surface area contributed by atoms with E-state index in [1.54, 1.807) is 45.0 Å². The topological polar surface area (TPSA) is 81.7 Å². The average Bonchev–Trinajstić information content (AvgIpc) is 2.57. The van der Waals surface area contributed by atoms with Gasteiger partial charge in [-0.1, -0.05) is 18.2 Å². The van der Waals surface area contributed by atoms with Crippen LogP contribution in [0.3, 0.4) is 0 Å². The molecule has 0 saturated carbocycles. The molecule has 6 nitrogen and oxygen atoms in total. The molecule has 2 aromatic rings. The molecule has 2 aromatic carbocycles. The summed E-state index contributed by atoms with van der Waals surface area (Å²) in [5.74, 6) is 0.333. The van der Waals surface area contributed by atoms with E-state index in [0.29, 0.717) is 22.6 Å². The summed E-state index contributed by atoms with van der Waals surface area (Å²) in [6.07, 6.45) is 0. The van der Waals surface area contributed by atoms with E-state index in [1.165, 1.54) is 13.2 Å². The molecule has 0 heterocycles. The van der Waals surface area contributed by atoms with Crippen molar-refractivity contribution >= 4 is 16.0 Å². The highest BCUT2D eigenvalue weighted by molar-refractivity contribution is 7.89. The van der Waals surface area contributed by atoms with Crippen molar-refractivity contribution in [2.75, 3.05) is 13.7 Å². The standard InChI is InChI=1S/C18H21NO5S/c1-12-7-5-6-8-15(12)24-18(20)11-19-25(21,22)17-10-13(2)16(23-4)9-14(17)3/h5-10,19H,11H2,1-4H3. The fourth-order valence-electron chi connectivity index (χ4n) is 2.33. The zero-order valence-electron chi connectivity index (χ0n) is 14.6. The fourth-order valence-corrected chi connectivity index (χ4v) is 3.61. The zero-order chi connectivity index (χ0) is 18.6. The van der Waals surface area contributed by atoms with Gasteiger partial charge in [-0.05, 0) is 55.7 Å². The highest BCUT2D eigenvalue weighted by Crippen LogP contribution is 2.25. The Bertz CT molecular complexity index is 890. The number of rotatable bonds is 6. The third-order valence-electron chi connectivity index (χ3n) is 3.71. The van der Waals surface area contributed by atoms with Crippen LogP contribution >= 0.6 is 0 Å². The number of esters is 1. The molecule has 0 fully saturated rings. The van der Waals surface area contributed by atoms with Crippen LogP contribution in [0.2, 0.25) is 0 Å². The smallest absolute Gasteiger partial charge is 0.326 e. The summed E-state index contributed by atoms with van der Waals surface area (Å²) in [4.78, 5) is 12.0. The van der Waals surface area contributed by atoms with Gasteiger partial charge < -0.3 is 9.47 Å². The number of benzene rings is 2. The van der Waals surface area contributed by atoms with Crippen molar-refractivity contribution in [2.24, 2.45) is 0 Å². The van der Waals surface area contributed by atoms with E-state index in [-0.39, 0.29) is 4.90 Å². The lowest BCUT2D eigenvalue weighted by Gasteiger charge is -2.13. The van der Waals surface area contributed by atoms with Gasteiger partial charge in [0.05, 0.1) is 12.0 Å². The van der Waals surface area contributed by atoms with Crippen LogP contribution in [0.5, 0.6) is 11.5 Å². The number of nitrogens with one attached hydrogen (secondary N) is 1. The Morgan fingerprint density at radius 3 is 2.32 bits per heavy atom. The maximum Gasteiger partial charge on any atom is 0.326 e. The number of aryl methyl sites for hydroxylation is 3. The summed E-state index contributed by atoms with van der Waals surface area (Å²) in [6, 6.07) is 10.2. The first kappa shape index (κ1) is 19.0. The van der Waals surface area contributed by atoms with Crippen molar-refractivity contribution in [1.29, 1.82) is 0 Å². The first-order valence-electron chi connectivity index (χ1n) is 7.66. The van der Waals surface area contributed by atoms with Crippen LogP contribution in [-0.2, 0) is 14.8 Å². The van der Waals surface area contributed by atoms with E-state index in [0.717, 1.165) is 5.56 Å². The van der Waals surface area contributed by atoms with Gasteiger partial charge in [0.25, 0.3) is 0 Å². The Morgan fingerprint density at radius 1 is 1.00 bits per heavy atom. The molecule has 0 amide bonds. The molecule has 0 unspecified atom stereocenters. The molecule has 0 aliphatic rings. The molecule has 0 radical (unpaired) electrons. The minimum absolute atomic E-state index is 0.106. The second kappa shape index (κ2) is 7.67. The third-order valence-corrected chi connectivity index (χ3v) is 5.25. The number of carbonyl (C=O) groups excluding carboxylic acids is 1. The normalized spacial score (nSPS) is 11.2. The van der Waals surface area contributed by atoms with Crippen LogP contribution < -0.4 is 14.2 Å². The van der Waals surface area contributed by atoms with Crippen molar-refractivity contribution in [2.45, 2.75) is 25.7 Å². The van der Waals surface area contributed by atoms with Gasteiger partial charge in [0, 0.05) is 0 Å². The van der Waals surface area contributed by atoms with Gasteiger partial charge in [0.2, 0.25) is 10.0 Å². The minimum atomic E-state index is -3.84.